The van der Waals surface area contributed by atoms with Crippen LogP contribution in [0.3, 0.4) is 0 Å². The molecule has 156 valence electrons. The number of non-ortho nitro benzene ring substituents is 1. The van der Waals surface area contributed by atoms with Crippen molar-refractivity contribution in [2.24, 2.45) is 5.92 Å². The summed E-state index contributed by atoms with van der Waals surface area (Å²) in [5.74, 6) is -0.525. The smallest absolute Gasteiger partial charge is 0.323 e. The maximum Gasteiger partial charge on any atom is 0.325 e. The predicted molar refractivity (Wildman–Crippen MR) is 105 cm³/mol. The molecule has 0 radical (unpaired) electrons. The third-order valence-electron chi connectivity index (χ3n) is 5.40. The highest BCUT2D eigenvalue weighted by Crippen LogP contribution is 2.42. The first-order valence-corrected chi connectivity index (χ1v) is 9.44. The number of nitrogens with one attached hydrogen (secondary N) is 2. The van der Waals surface area contributed by atoms with Gasteiger partial charge in [0, 0.05) is 18.2 Å². The second kappa shape index (κ2) is 6.94. The van der Waals surface area contributed by atoms with Gasteiger partial charge in [-0.2, -0.15) is 5.10 Å². The van der Waals surface area contributed by atoms with E-state index in [1.54, 1.807) is 19.9 Å². The monoisotopic (exact) mass is 412 g/mol. The largest absolute Gasteiger partial charge is 0.325 e. The summed E-state index contributed by atoms with van der Waals surface area (Å²) in [4.78, 5) is 48.7. The quantitative estimate of drug-likeness (QED) is 0.421. The molecule has 4 rings (SSSR count). The first-order valence-electron chi connectivity index (χ1n) is 9.44. The third kappa shape index (κ3) is 3.38. The lowest BCUT2D eigenvalue weighted by molar-refractivity contribution is -0.384. The van der Waals surface area contributed by atoms with E-state index in [-0.39, 0.29) is 11.6 Å². The fraction of sp³-hybridized carbons (Fsp3) is 0.368. The highest BCUT2D eigenvalue weighted by Gasteiger charge is 2.56. The SMILES string of the molecule is Cc1cc(NC(=O)CN2C(=O)NC(C)(C3CC3)C2=O)n(-c2ccc([N+](=O)[O-])cc2)n1. The summed E-state index contributed by atoms with van der Waals surface area (Å²) in [5, 5.41) is 20.5. The lowest BCUT2D eigenvalue weighted by Gasteiger charge is -2.20. The summed E-state index contributed by atoms with van der Waals surface area (Å²) >= 11 is 0. The fourth-order valence-electron chi connectivity index (χ4n) is 3.62. The second-order valence-corrected chi connectivity index (χ2v) is 7.70. The van der Waals surface area contributed by atoms with Crippen molar-refractivity contribution in [1.82, 2.24) is 20.0 Å². The van der Waals surface area contributed by atoms with Crippen molar-refractivity contribution in [1.29, 1.82) is 0 Å². The van der Waals surface area contributed by atoms with E-state index in [0.29, 0.717) is 17.2 Å². The molecule has 2 fully saturated rings. The number of carbonyl (C=O) groups is 3. The van der Waals surface area contributed by atoms with Crippen LogP contribution >= 0.6 is 0 Å². The van der Waals surface area contributed by atoms with Gasteiger partial charge < -0.3 is 10.6 Å². The zero-order valence-corrected chi connectivity index (χ0v) is 16.4. The van der Waals surface area contributed by atoms with Gasteiger partial charge in [-0.15, -0.1) is 0 Å². The molecule has 2 aliphatic rings. The van der Waals surface area contributed by atoms with Crippen LogP contribution < -0.4 is 10.6 Å². The minimum absolute atomic E-state index is 0.0644. The Morgan fingerprint density at radius 1 is 1.33 bits per heavy atom. The van der Waals surface area contributed by atoms with Crippen molar-refractivity contribution in [2.75, 3.05) is 11.9 Å². The molecule has 11 nitrogen and oxygen atoms in total. The Morgan fingerprint density at radius 2 is 2.00 bits per heavy atom. The Labute approximate surface area is 171 Å². The van der Waals surface area contributed by atoms with E-state index in [1.165, 1.54) is 28.9 Å². The number of nitro benzene ring substituents is 1. The highest BCUT2D eigenvalue weighted by molar-refractivity contribution is 6.10. The molecule has 2 N–H and O–H groups in total. The molecule has 2 aromatic rings. The van der Waals surface area contributed by atoms with Gasteiger partial charge in [0.1, 0.15) is 17.9 Å². The van der Waals surface area contributed by atoms with Crippen LogP contribution in [-0.2, 0) is 9.59 Å². The van der Waals surface area contributed by atoms with Gasteiger partial charge in [-0.3, -0.25) is 24.6 Å². The van der Waals surface area contributed by atoms with Gasteiger partial charge in [0.25, 0.3) is 11.6 Å². The first kappa shape index (κ1) is 19.6. The van der Waals surface area contributed by atoms with Crippen LogP contribution in [0.5, 0.6) is 0 Å². The molecule has 2 heterocycles. The maximum atomic E-state index is 12.7. The van der Waals surface area contributed by atoms with E-state index < -0.39 is 34.9 Å². The molecule has 1 saturated carbocycles. The summed E-state index contributed by atoms with van der Waals surface area (Å²) in [6, 6.07) is 6.75. The van der Waals surface area contributed by atoms with Crippen molar-refractivity contribution in [3.05, 3.63) is 46.1 Å². The van der Waals surface area contributed by atoms with Crippen LogP contribution in [0.15, 0.2) is 30.3 Å². The molecule has 30 heavy (non-hydrogen) atoms. The number of nitrogens with zero attached hydrogens (tertiary/aromatic N) is 4. The van der Waals surface area contributed by atoms with Crippen molar-refractivity contribution in [3.63, 3.8) is 0 Å². The molecule has 1 aliphatic heterocycles. The number of imide groups is 1. The second-order valence-electron chi connectivity index (χ2n) is 7.70. The van der Waals surface area contributed by atoms with E-state index in [0.717, 1.165) is 17.7 Å². The zero-order valence-electron chi connectivity index (χ0n) is 16.4. The van der Waals surface area contributed by atoms with Gasteiger partial charge >= 0.3 is 6.03 Å². The number of hydrogen-bond donors (Lipinski definition) is 2. The minimum Gasteiger partial charge on any atom is -0.323 e. The number of benzene rings is 1. The number of aromatic nitrogens is 2. The van der Waals surface area contributed by atoms with E-state index in [4.69, 9.17) is 0 Å². The normalized spacial score (nSPS) is 20.9. The lowest BCUT2D eigenvalue weighted by atomic mass is 9.96. The molecule has 0 spiro atoms. The van der Waals surface area contributed by atoms with Crippen LogP contribution in [0.1, 0.15) is 25.5 Å². The fourth-order valence-corrected chi connectivity index (χ4v) is 3.62. The lowest BCUT2D eigenvalue weighted by Crippen LogP contribution is -2.46. The molecule has 4 amide bonds. The maximum absolute atomic E-state index is 12.7. The topological polar surface area (TPSA) is 139 Å². The average Bonchev–Trinajstić information content (AvgIpc) is 3.45. The van der Waals surface area contributed by atoms with Crippen molar-refractivity contribution in [2.45, 2.75) is 32.2 Å². The highest BCUT2D eigenvalue weighted by atomic mass is 16.6. The number of amides is 4. The van der Waals surface area contributed by atoms with Crippen LogP contribution in [0.25, 0.3) is 5.69 Å². The zero-order chi connectivity index (χ0) is 21.6. The van der Waals surface area contributed by atoms with Gasteiger partial charge in [0.15, 0.2) is 0 Å². The molecule has 1 saturated heterocycles. The molecule has 1 unspecified atom stereocenters. The summed E-state index contributed by atoms with van der Waals surface area (Å²) in [6.07, 6.45) is 1.74. The Balaban J connectivity index is 1.50. The predicted octanol–water partition coefficient (Wildman–Crippen LogP) is 1.75. The number of aryl methyl sites for hydroxylation is 1. The summed E-state index contributed by atoms with van der Waals surface area (Å²) < 4.78 is 1.43. The van der Waals surface area contributed by atoms with Crippen LogP contribution in [-0.4, -0.2) is 49.5 Å². The number of urea groups is 1. The Kier molecular flexibility index (Phi) is 4.52. The molecule has 11 heteroatoms. The van der Waals surface area contributed by atoms with Crippen molar-refractivity contribution < 1.29 is 19.3 Å². The molecule has 1 atom stereocenters. The van der Waals surface area contributed by atoms with E-state index >= 15 is 0 Å². The van der Waals surface area contributed by atoms with Crippen molar-refractivity contribution in [3.8, 4) is 5.69 Å². The van der Waals surface area contributed by atoms with Gasteiger partial charge in [0.2, 0.25) is 5.91 Å². The number of nitro groups is 1. The molecule has 1 aliphatic carbocycles. The van der Waals surface area contributed by atoms with Gasteiger partial charge in [-0.1, -0.05) is 0 Å². The molecular formula is C19H20N6O5. The molecule has 0 bridgehead atoms. The Morgan fingerprint density at radius 3 is 2.60 bits per heavy atom. The van der Waals surface area contributed by atoms with Crippen LogP contribution in [0.4, 0.5) is 16.3 Å². The van der Waals surface area contributed by atoms with Crippen LogP contribution in [0, 0.1) is 23.0 Å². The van der Waals surface area contributed by atoms with Gasteiger partial charge in [-0.05, 0) is 44.7 Å². The number of anilines is 1. The van der Waals surface area contributed by atoms with E-state index in [9.17, 15) is 24.5 Å². The summed E-state index contributed by atoms with van der Waals surface area (Å²) in [6.45, 7) is 3.00. The third-order valence-corrected chi connectivity index (χ3v) is 5.40. The number of carbonyl (C=O) groups excluding carboxylic acids is 3. The van der Waals surface area contributed by atoms with Gasteiger partial charge in [-0.25, -0.2) is 9.48 Å². The van der Waals surface area contributed by atoms with E-state index in [1.807, 2.05) is 0 Å². The van der Waals surface area contributed by atoms with E-state index in [2.05, 4.69) is 15.7 Å². The Bertz CT molecular complexity index is 1060. The summed E-state index contributed by atoms with van der Waals surface area (Å²) in [5.41, 5.74) is 0.111. The minimum atomic E-state index is -0.950. The van der Waals surface area contributed by atoms with Gasteiger partial charge in [0.05, 0.1) is 16.3 Å². The number of hydrogen-bond acceptors (Lipinski definition) is 6. The first-order chi connectivity index (χ1) is 14.2. The summed E-state index contributed by atoms with van der Waals surface area (Å²) in [7, 11) is 0. The molecule has 1 aromatic heterocycles. The van der Waals surface area contributed by atoms with Crippen LogP contribution in [0.2, 0.25) is 0 Å². The standard InChI is InChI=1S/C19H20N6O5/c1-11-9-15(24(22-11)13-5-7-14(8-6-13)25(29)30)20-16(26)10-23-17(27)19(2,12-3-4-12)21-18(23)28/h5-9,12H,3-4,10H2,1-2H3,(H,20,26)(H,21,28). The number of rotatable bonds is 6. The Hall–Kier alpha value is -3.76. The molecule has 1 aromatic carbocycles. The molecular weight excluding hydrogens is 392 g/mol. The van der Waals surface area contributed by atoms with Crippen molar-refractivity contribution >= 4 is 29.4 Å². The average molecular weight is 412 g/mol.